The molecule has 4 heteroatoms. The highest BCUT2D eigenvalue weighted by molar-refractivity contribution is 4.97. The molecule has 0 aromatic carbocycles. The lowest BCUT2D eigenvalue weighted by Gasteiger charge is -2.28. The van der Waals surface area contributed by atoms with E-state index in [1.54, 1.807) is 0 Å². The second-order valence-corrected chi connectivity index (χ2v) is 5.38. The summed E-state index contributed by atoms with van der Waals surface area (Å²) in [6, 6.07) is 0.136. The Morgan fingerprint density at radius 2 is 2.47 bits per heavy atom. The van der Waals surface area contributed by atoms with Crippen molar-refractivity contribution in [2.75, 3.05) is 20.1 Å². The molecule has 1 aliphatic heterocycles. The van der Waals surface area contributed by atoms with Gasteiger partial charge in [0.05, 0.1) is 6.20 Å². The predicted molar refractivity (Wildman–Crippen MR) is 67.8 cm³/mol. The molecule has 1 aliphatic rings. The van der Waals surface area contributed by atoms with Gasteiger partial charge in [0, 0.05) is 25.4 Å². The second kappa shape index (κ2) is 5.65. The summed E-state index contributed by atoms with van der Waals surface area (Å²) in [6.07, 6.45) is 6.13. The van der Waals surface area contributed by atoms with E-state index in [-0.39, 0.29) is 6.04 Å². The summed E-state index contributed by atoms with van der Waals surface area (Å²) in [7, 11) is 2.18. The lowest BCUT2D eigenvalue weighted by molar-refractivity contribution is 0.201. The molecule has 2 rings (SSSR count). The third kappa shape index (κ3) is 3.82. The highest BCUT2D eigenvalue weighted by atomic mass is 16.4. The van der Waals surface area contributed by atoms with Gasteiger partial charge in [0.2, 0.25) is 0 Å². The number of oxazole rings is 1. The molecule has 0 bridgehead atoms. The minimum Gasteiger partial charge on any atom is -0.446 e. The van der Waals surface area contributed by atoms with Crippen LogP contribution in [0.25, 0.3) is 0 Å². The van der Waals surface area contributed by atoms with Crippen LogP contribution in [-0.2, 0) is 12.8 Å². The normalized spacial score (nSPS) is 23.8. The Balaban J connectivity index is 1.87. The average Bonchev–Trinajstić information content (AvgIpc) is 2.64. The van der Waals surface area contributed by atoms with E-state index in [9.17, 15) is 0 Å². The van der Waals surface area contributed by atoms with E-state index in [0.29, 0.717) is 5.92 Å². The van der Waals surface area contributed by atoms with Gasteiger partial charge in [-0.3, -0.25) is 0 Å². The van der Waals surface area contributed by atoms with Crippen molar-refractivity contribution in [2.24, 2.45) is 11.7 Å². The number of likely N-dealkylation sites (tertiary alicyclic amines) is 1. The molecule has 0 spiro atoms. The minimum absolute atomic E-state index is 0.136. The Labute approximate surface area is 103 Å². The fraction of sp³-hybridized carbons (Fsp3) is 0.769. The summed E-state index contributed by atoms with van der Waals surface area (Å²) in [5.74, 6) is 2.48. The first kappa shape index (κ1) is 12.6. The van der Waals surface area contributed by atoms with Crippen LogP contribution in [0.5, 0.6) is 0 Å². The molecule has 17 heavy (non-hydrogen) atoms. The fourth-order valence-electron chi connectivity index (χ4n) is 2.54. The van der Waals surface area contributed by atoms with Crippen LogP contribution in [0.2, 0.25) is 0 Å². The van der Waals surface area contributed by atoms with Crippen molar-refractivity contribution in [3.8, 4) is 0 Å². The summed E-state index contributed by atoms with van der Waals surface area (Å²) in [6.45, 7) is 4.36. The standard InChI is InChI=1S/C13H23N3O/c1-10(14)6-12-8-15-13(17-12)7-11-4-3-5-16(2)9-11/h8,10-11H,3-7,9,14H2,1-2H3. The number of hydrogen-bond donors (Lipinski definition) is 1. The maximum absolute atomic E-state index is 5.74. The highest BCUT2D eigenvalue weighted by Crippen LogP contribution is 2.20. The van der Waals surface area contributed by atoms with Crippen LogP contribution in [-0.4, -0.2) is 36.1 Å². The lowest BCUT2D eigenvalue weighted by atomic mass is 9.95. The third-order valence-electron chi connectivity index (χ3n) is 3.31. The predicted octanol–water partition coefficient (Wildman–Crippen LogP) is 1.45. The van der Waals surface area contributed by atoms with Crippen LogP contribution in [0.4, 0.5) is 0 Å². The van der Waals surface area contributed by atoms with E-state index in [2.05, 4.69) is 16.9 Å². The van der Waals surface area contributed by atoms with Crippen molar-refractivity contribution in [3.63, 3.8) is 0 Å². The third-order valence-corrected chi connectivity index (χ3v) is 3.31. The van der Waals surface area contributed by atoms with Crippen LogP contribution in [0, 0.1) is 5.92 Å². The first-order chi connectivity index (χ1) is 8.13. The number of aromatic nitrogens is 1. The molecule has 0 radical (unpaired) electrons. The molecule has 0 aliphatic carbocycles. The van der Waals surface area contributed by atoms with E-state index in [1.807, 2.05) is 13.1 Å². The Morgan fingerprint density at radius 1 is 1.65 bits per heavy atom. The smallest absolute Gasteiger partial charge is 0.194 e. The van der Waals surface area contributed by atoms with Gasteiger partial charge in [0.25, 0.3) is 0 Å². The van der Waals surface area contributed by atoms with Gasteiger partial charge in [-0.1, -0.05) is 0 Å². The zero-order chi connectivity index (χ0) is 12.3. The van der Waals surface area contributed by atoms with Gasteiger partial charge in [-0.25, -0.2) is 4.98 Å². The molecule has 96 valence electrons. The molecule has 0 saturated carbocycles. The molecular formula is C13H23N3O. The molecule has 2 unspecified atom stereocenters. The molecule has 1 saturated heterocycles. The van der Waals surface area contributed by atoms with E-state index in [4.69, 9.17) is 10.2 Å². The number of piperidine rings is 1. The zero-order valence-electron chi connectivity index (χ0n) is 10.9. The van der Waals surface area contributed by atoms with Gasteiger partial charge in [0.15, 0.2) is 5.89 Å². The Morgan fingerprint density at radius 3 is 3.18 bits per heavy atom. The van der Waals surface area contributed by atoms with E-state index in [1.165, 1.54) is 19.4 Å². The van der Waals surface area contributed by atoms with Gasteiger partial charge < -0.3 is 15.1 Å². The molecule has 2 atom stereocenters. The first-order valence-corrected chi connectivity index (χ1v) is 6.51. The lowest BCUT2D eigenvalue weighted by Crippen LogP contribution is -2.33. The maximum atomic E-state index is 5.74. The Kier molecular flexibility index (Phi) is 4.18. The van der Waals surface area contributed by atoms with Crippen LogP contribution in [0.3, 0.4) is 0 Å². The van der Waals surface area contributed by atoms with Gasteiger partial charge in [0.1, 0.15) is 5.76 Å². The topological polar surface area (TPSA) is 55.3 Å². The quantitative estimate of drug-likeness (QED) is 0.861. The molecule has 0 amide bonds. The molecule has 1 aromatic heterocycles. The van der Waals surface area contributed by atoms with Crippen molar-refractivity contribution in [1.29, 1.82) is 0 Å². The van der Waals surface area contributed by atoms with E-state index < -0.39 is 0 Å². The molecule has 1 aromatic rings. The van der Waals surface area contributed by atoms with Gasteiger partial charge in [-0.05, 0) is 39.3 Å². The number of rotatable bonds is 4. The van der Waals surface area contributed by atoms with Crippen LogP contribution >= 0.6 is 0 Å². The molecule has 1 fully saturated rings. The largest absolute Gasteiger partial charge is 0.446 e. The number of hydrogen-bond acceptors (Lipinski definition) is 4. The Bertz CT molecular complexity index is 348. The summed E-state index contributed by atoms with van der Waals surface area (Å²) >= 11 is 0. The number of nitrogens with zero attached hydrogens (tertiary/aromatic N) is 2. The van der Waals surface area contributed by atoms with Crippen molar-refractivity contribution in [1.82, 2.24) is 9.88 Å². The molecule has 4 nitrogen and oxygen atoms in total. The molecular weight excluding hydrogens is 214 g/mol. The van der Waals surface area contributed by atoms with Crippen LogP contribution in [0.1, 0.15) is 31.4 Å². The zero-order valence-corrected chi connectivity index (χ0v) is 10.9. The van der Waals surface area contributed by atoms with Crippen LogP contribution < -0.4 is 5.73 Å². The first-order valence-electron chi connectivity index (χ1n) is 6.51. The monoisotopic (exact) mass is 237 g/mol. The van der Waals surface area contributed by atoms with Gasteiger partial charge in [-0.15, -0.1) is 0 Å². The average molecular weight is 237 g/mol. The molecule has 2 heterocycles. The maximum Gasteiger partial charge on any atom is 0.194 e. The highest BCUT2D eigenvalue weighted by Gasteiger charge is 2.19. The Hall–Kier alpha value is -0.870. The summed E-state index contributed by atoms with van der Waals surface area (Å²) in [5.41, 5.74) is 5.74. The van der Waals surface area contributed by atoms with E-state index in [0.717, 1.165) is 31.0 Å². The second-order valence-electron chi connectivity index (χ2n) is 5.38. The van der Waals surface area contributed by atoms with Gasteiger partial charge >= 0.3 is 0 Å². The minimum atomic E-state index is 0.136. The summed E-state index contributed by atoms with van der Waals surface area (Å²) < 4.78 is 5.72. The van der Waals surface area contributed by atoms with E-state index >= 15 is 0 Å². The molecule has 2 N–H and O–H groups in total. The van der Waals surface area contributed by atoms with Crippen molar-refractivity contribution in [3.05, 3.63) is 17.8 Å². The van der Waals surface area contributed by atoms with Crippen LogP contribution in [0.15, 0.2) is 10.6 Å². The van der Waals surface area contributed by atoms with Gasteiger partial charge in [-0.2, -0.15) is 0 Å². The summed E-state index contributed by atoms with van der Waals surface area (Å²) in [4.78, 5) is 6.74. The van der Waals surface area contributed by atoms with Crippen molar-refractivity contribution in [2.45, 2.75) is 38.6 Å². The fourth-order valence-corrected chi connectivity index (χ4v) is 2.54. The summed E-state index contributed by atoms with van der Waals surface area (Å²) in [5, 5.41) is 0. The SMILES string of the molecule is CC(N)Cc1cnc(CC2CCCN(C)C2)o1. The number of nitrogens with two attached hydrogens (primary N) is 1. The van der Waals surface area contributed by atoms with Crippen molar-refractivity contribution >= 4 is 0 Å². The van der Waals surface area contributed by atoms with Crippen molar-refractivity contribution < 1.29 is 4.42 Å².